The number of allylic oxidation sites excluding steroid dienone is 2. The van der Waals surface area contributed by atoms with Crippen LogP contribution in [0, 0.1) is 0 Å². The molecule has 0 aliphatic heterocycles. The quantitative estimate of drug-likeness (QED) is 0.587. The molecule has 0 amide bonds. The predicted octanol–water partition coefficient (Wildman–Crippen LogP) is 5.24. The molecule has 7 heteroatoms. The van der Waals surface area contributed by atoms with Crippen LogP contribution in [0.5, 0.6) is 0 Å². The van der Waals surface area contributed by atoms with Gasteiger partial charge in [-0.15, -0.1) is 0 Å². The summed E-state index contributed by atoms with van der Waals surface area (Å²) in [6.07, 6.45) is -7.79. The van der Waals surface area contributed by atoms with Crippen molar-refractivity contribution in [2.24, 2.45) is 5.73 Å². The summed E-state index contributed by atoms with van der Waals surface area (Å²) < 4.78 is 75.4. The molecule has 0 saturated heterocycles. The second kappa shape index (κ2) is 7.19. The molecule has 0 aliphatic carbocycles. The number of halogens is 6. The topological polar surface area (TPSA) is 26.0 Å². The van der Waals surface area contributed by atoms with Crippen LogP contribution in [-0.4, -0.2) is 0 Å². The first-order chi connectivity index (χ1) is 9.59. The molecule has 118 valence electrons. The van der Waals surface area contributed by atoms with E-state index in [4.69, 9.17) is 5.73 Å². The molecule has 0 radical (unpaired) electrons. The molecule has 0 aliphatic rings. The first kappa shape index (κ1) is 19.1. The lowest BCUT2D eigenvalue weighted by Crippen LogP contribution is -2.11. The summed E-state index contributed by atoms with van der Waals surface area (Å²) in [5.74, 6) is 0. The molecule has 0 unspecified atom stereocenters. The fraction of sp³-hybridized carbons (Fsp3) is 0.286. The van der Waals surface area contributed by atoms with Gasteiger partial charge >= 0.3 is 12.4 Å². The number of rotatable bonds is 2. The summed E-state index contributed by atoms with van der Waals surface area (Å²) in [4.78, 5) is 0. The van der Waals surface area contributed by atoms with Crippen molar-refractivity contribution < 1.29 is 26.3 Å². The van der Waals surface area contributed by atoms with Gasteiger partial charge in [-0.25, -0.2) is 0 Å². The number of hydrogen-bond donors (Lipinski definition) is 1. The van der Waals surface area contributed by atoms with Crippen molar-refractivity contribution in [3.63, 3.8) is 0 Å². The minimum Gasteiger partial charge on any atom is -0.404 e. The van der Waals surface area contributed by atoms with Gasteiger partial charge in [0.1, 0.15) is 0 Å². The van der Waals surface area contributed by atoms with E-state index in [0.717, 1.165) is 12.3 Å². The Balaban J connectivity index is 0.00000191. The van der Waals surface area contributed by atoms with Crippen molar-refractivity contribution in [1.82, 2.24) is 0 Å². The number of alkyl halides is 6. The largest absolute Gasteiger partial charge is 0.416 e. The molecule has 21 heavy (non-hydrogen) atoms. The van der Waals surface area contributed by atoms with Crippen LogP contribution in [0.15, 0.2) is 37.1 Å². The smallest absolute Gasteiger partial charge is 0.404 e. The first-order valence-corrected chi connectivity index (χ1v) is 5.93. The Labute approximate surface area is 118 Å². The van der Waals surface area contributed by atoms with Crippen molar-refractivity contribution in [3.8, 4) is 0 Å². The molecule has 0 saturated carbocycles. The van der Waals surface area contributed by atoms with Gasteiger partial charge in [-0.1, -0.05) is 26.5 Å². The van der Waals surface area contributed by atoms with E-state index in [1.54, 1.807) is 0 Å². The van der Waals surface area contributed by atoms with E-state index >= 15 is 0 Å². The summed E-state index contributed by atoms with van der Waals surface area (Å²) >= 11 is 0. The van der Waals surface area contributed by atoms with Crippen LogP contribution in [-0.2, 0) is 12.4 Å². The standard InChI is InChI=1S/C12H9F6N.C2H6/c1-2-7(6-19)8-3-9(11(13,14)15)5-10(4-8)12(16,17)18;1-2/h2-6H,1,19H2;1-2H3/b7-6+;. The average Bonchev–Trinajstić information content (AvgIpc) is 2.40. The van der Waals surface area contributed by atoms with Crippen LogP contribution in [0.3, 0.4) is 0 Å². The lowest BCUT2D eigenvalue weighted by atomic mass is 9.99. The molecule has 1 nitrogen and oxygen atoms in total. The fourth-order valence-electron chi connectivity index (χ4n) is 1.40. The summed E-state index contributed by atoms with van der Waals surface area (Å²) in [6.45, 7) is 7.28. The molecule has 2 N–H and O–H groups in total. The summed E-state index contributed by atoms with van der Waals surface area (Å²) in [5, 5.41) is 0. The van der Waals surface area contributed by atoms with E-state index in [1.807, 2.05) is 13.8 Å². The highest BCUT2D eigenvalue weighted by Crippen LogP contribution is 2.37. The number of benzene rings is 1. The zero-order valence-electron chi connectivity index (χ0n) is 11.4. The van der Waals surface area contributed by atoms with Gasteiger partial charge in [-0.2, -0.15) is 26.3 Å². The van der Waals surface area contributed by atoms with Gasteiger partial charge in [0.2, 0.25) is 0 Å². The van der Waals surface area contributed by atoms with Crippen LogP contribution >= 0.6 is 0 Å². The van der Waals surface area contributed by atoms with E-state index in [1.165, 1.54) is 0 Å². The van der Waals surface area contributed by atoms with Crippen LogP contribution in [0.1, 0.15) is 30.5 Å². The molecule has 0 atom stereocenters. The fourth-order valence-corrected chi connectivity index (χ4v) is 1.40. The second-order valence-corrected chi connectivity index (χ2v) is 3.62. The van der Waals surface area contributed by atoms with E-state index < -0.39 is 23.5 Å². The average molecular weight is 311 g/mol. The first-order valence-electron chi connectivity index (χ1n) is 5.93. The summed E-state index contributed by atoms with van der Waals surface area (Å²) in [7, 11) is 0. The Bertz CT molecular complexity index is 479. The molecule has 1 aromatic rings. The zero-order valence-corrected chi connectivity index (χ0v) is 11.4. The maximum absolute atomic E-state index is 12.6. The van der Waals surface area contributed by atoms with Crippen molar-refractivity contribution in [2.45, 2.75) is 26.2 Å². The molecule has 1 aromatic carbocycles. The SMILES string of the molecule is C=C/C(=C\N)c1cc(C(F)(F)F)cc(C(F)(F)F)c1.CC. The minimum atomic E-state index is -4.88. The third-order valence-electron chi connectivity index (χ3n) is 2.32. The zero-order chi connectivity index (χ0) is 16.8. The van der Waals surface area contributed by atoms with Gasteiger partial charge < -0.3 is 5.73 Å². The highest BCUT2D eigenvalue weighted by atomic mass is 19.4. The monoisotopic (exact) mass is 311 g/mol. The van der Waals surface area contributed by atoms with E-state index in [2.05, 4.69) is 6.58 Å². The molecule has 1 rings (SSSR count). The summed E-state index contributed by atoms with van der Waals surface area (Å²) in [6, 6.07) is 1.24. The Morgan fingerprint density at radius 1 is 0.952 bits per heavy atom. The van der Waals surface area contributed by atoms with Crippen LogP contribution in [0.25, 0.3) is 5.57 Å². The Kier molecular flexibility index (Phi) is 6.53. The molecule has 0 spiro atoms. The predicted molar refractivity (Wildman–Crippen MR) is 70.2 cm³/mol. The molecular formula is C14H15F6N. The van der Waals surface area contributed by atoms with Gasteiger partial charge in [-0.3, -0.25) is 0 Å². The van der Waals surface area contributed by atoms with Gasteiger partial charge in [0.05, 0.1) is 11.1 Å². The van der Waals surface area contributed by atoms with Gasteiger partial charge in [0, 0.05) is 6.20 Å². The molecule has 0 heterocycles. The molecule has 0 aromatic heterocycles. The highest BCUT2D eigenvalue weighted by molar-refractivity contribution is 5.74. The van der Waals surface area contributed by atoms with Gasteiger partial charge in [0.25, 0.3) is 0 Å². The maximum atomic E-state index is 12.6. The third kappa shape index (κ3) is 5.17. The highest BCUT2D eigenvalue weighted by Gasteiger charge is 2.36. The minimum absolute atomic E-state index is 0.0170. The van der Waals surface area contributed by atoms with Crippen molar-refractivity contribution >= 4 is 5.57 Å². The Morgan fingerprint density at radius 2 is 1.33 bits per heavy atom. The maximum Gasteiger partial charge on any atom is 0.416 e. The normalized spacial score (nSPS) is 12.5. The van der Waals surface area contributed by atoms with Crippen molar-refractivity contribution in [1.29, 1.82) is 0 Å². The van der Waals surface area contributed by atoms with Crippen molar-refractivity contribution in [3.05, 3.63) is 53.7 Å². The van der Waals surface area contributed by atoms with Crippen LogP contribution in [0.4, 0.5) is 26.3 Å². The summed E-state index contributed by atoms with van der Waals surface area (Å²) in [5.41, 5.74) is 2.05. The van der Waals surface area contributed by atoms with Crippen LogP contribution in [0.2, 0.25) is 0 Å². The molecule has 0 fully saturated rings. The van der Waals surface area contributed by atoms with Crippen LogP contribution < -0.4 is 5.73 Å². The number of hydrogen-bond acceptors (Lipinski definition) is 1. The van der Waals surface area contributed by atoms with E-state index in [-0.39, 0.29) is 17.2 Å². The lowest BCUT2D eigenvalue weighted by molar-refractivity contribution is -0.143. The van der Waals surface area contributed by atoms with Crippen molar-refractivity contribution in [2.75, 3.05) is 0 Å². The Morgan fingerprint density at radius 3 is 1.57 bits per heavy atom. The third-order valence-corrected chi connectivity index (χ3v) is 2.32. The van der Waals surface area contributed by atoms with Gasteiger partial charge in [-0.05, 0) is 29.3 Å². The molecular weight excluding hydrogens is 296 g/mol. The number of nitrogens with two attached hydrogens (primary N) is 1. The van der Waals surface area contributed by atoms with Gasteiger partial charge in [0.15, 0.2) is 0 Å². The van der Waals surface area contributed by atoms with E-state index in [0.29, 0.717) is 12.1 Å². The Hall–Kier alpha value is -1.92. The second-order valence-electron chi connectivity index (χ2n) is 3.62. The lowest BCUT2D eigenvalue weighted by Gasteiger charge is -2.14. The molecule has 0 bridgehead atoms. The van der Waals surface area contributed by atoms with E-state index in [9.17, 15) is 26.3 Å².